The summed E-state index contributed by atoms with van der Waals surface area (Å²) in [5.41, 5.74) is 2.51. The number of halogens is 2. The van der Waals surface area contributed by atoms with Crippen LogP contribution >= 0.6 is 0 Å². The summed E-state index contributed by atoms with van der Waals surface area (Å²) in [7, 11) is 0. The molecular weight excluding hydrogens is 304 g/mol. The van der Waals surface area contributed by atoms with Gasteiger partial charge in [-0.3, -0.25) is 9.89 Å². The van der Waals surface area contributed by atoms with Crippen LogP contribution in [-0.4, -0.2) is 22.7 Å². The van der Waals surface area contributed by atoms with Gasteiger partial charge in [0, 0.05) is 11.1 Å². The molecule has 0 aliphatic rings. The van der Waals surface area contributed by atoms with Crippen LogP contribution in [0.3, 0.4) is 0 Å². The SMILES string of the molecule is Cc1ccc2[nH]nc(C(=O)Nc3ccc(OC(F)F)cc3)c2c1. The largest absolute Gasteiger partial charge is 0.435 e. The van der Waals surface area contributed by atoms with Crippen LogP contribution < -0.4 is 10.1 Å². The third-order valence-electron chi connectivity index (χ3n) is 3.27. The van der Waals surface area contributed by atoms with Crippen molar-refractivity contribution < 1.29 is 18.3 Å². The van der Waals surface area contributed by atoms with Crippen molar-refractivity contribution in [1.82, 2.24) is 10.2 Å². The van der Waals surface area contributed by atoms with Crippen LogP contribution in [0.1, 0.15) is 16.1 Å². The van der Waals surface area contributed by atoms with E-state index in [2.05, 4.69) is 20.3 Å². The van der Waals surface area contributed by atoms with Crippen molar-refractivity contribution in [2.75, 3.05) is 5.32 Å². The highest BCUT2D eigenvalue weighted by molar-refractivity contribution is 6.11. The van der Waals surface area contributed by atoms with E-state index < -0.39 is 6.61 Å². The molecule has 5 nitrogen and oxygen atoms in total. The molecule has 1 heterocycles. The van der Waals surface area contributed by atoms with Crippen molar-refractivity contribution in [3.63, 3.8) is 0 Å². The summed E-state index contributed by atoms with van der Waals surface area (Å²) < 4.78 is 28.4. The Morgan fingerprint density at radius 2 is 1.96 bits per heavy atom. The summed E-state index contributed by atoms with van der Waals surface area (Å²) >= 11 is 0. The molecule has 0 saturated heterocycles. The van der Waals surface area contributed by atoms with Gasteiger partial charge in [-0.15, -0.1) is 0 Å². The fraction of sp³-hybridized carbons (Fsp3) is 0.125. The molecule has 0 spiro atoms. The maximum atomic E-state index is 12.3. The zero-order chi connectivity index (χ0) is 16.4. The fourth-order valence-corrected chi connectivity index (χ4v) is 2.21. The molecule has 118 valence electrons. The first-order valence-electron chi connectivity index (χ1n) is 6.84. The quantitative estimate of drug-likeness (QED) is 0.770. The lowest BCUT2D eigenvalue weighted by molar-refractivity contribution is -0.0498. The number of aromatic nitrogens is 2. The number of aromatic amines is 1. The maximum Gasteiger partial charge on any atom is 0.387 e. The van der Waals surface area contributed by atoms with E-state index in [9.17, 15) is 13.6 Å². The van der Waals surface area contributed by atoms with Crippen molar-refractivity contribution in [3.8, 4) is 5.75 Å². The number of alkyl halides is 2. The Bertz CT molecular complexity index is 844. The van der Waals surface area contributed by atoms with Crippen molar-refractivity contribution in [2.24, 2.45) is 0 Å². The minimum absolute atomic E-state index is 0.0267. The standard InChI is InChI=1S/C16H13F2N3O2/c1-9-2-7-13-12(8-9)14(21-20-13)15(22)19-10-3-5-11(6-4-10)23-16(17)18/h2-8,16H,1H3,(H,19,22)(H,20,21). The number of fused-ring (bicyclic) bond motifs is 1. The summed E-state index contributed by atoms with van der Waals surface area (Å²) in [6, 6.07) is 11.3. The average molecular weight is 317 g/mol. The Labute approximate surface area is 130 Å². The van der Waals surface area contributed by atoms with Crippen LogP contribution in [0, 0.1) is 6.92 Å². The highest BCUT2D eigenvalue weighted by Crippen LogP contribution is 2.21. The number of nitrogens with zero attached hydrogens (tertiary/aromatic N) is 1. The molecule has 1 amide bonds. The lowest BCUT2D eigenvalue weighted by atomic mass is 10.1. The van der Waals surface area contributed by atoms with Gasteiger partial charge in [0.25, 0.3) is 5.91 Å². The first-order chi connectivity index (χ1) is 11.0. The Balaban J connectivity index is 1.79. The Kier molecular flexibility index (Phi) is 3.92. The van der Waals surface area contributed by atoms with E-state index in [1.54, 1.807) is 0 Å². The molecule has 0 saturated carbocycles. The summed E-state index contributed by atoms with van der Waals surface area (Å²) in [4.78, 5) is 12.3. The summed E-state index contributed by atoms with van der Waals surface area (Å²) in [5, 5.41) is 10.2. The highest BCUT2D eigenvalue weighted by Gasteiger charge is 2.14. The maximum absolute atomic E-state index is 12.3. The second-order valence-corrected chi connectivity index (χ2v) is 4.98. The number of benzene rings is 2. The van der Waals surface area contributed by atoms with E-state index in [-0.39, 0.29) is 17.4 Å². The molecule has 0 atom stereocenters. The zero-order valence-electron chi connectivity index (χ0n) is 12.1. The minimum atomic E-state index is -2.88. The number of aryl methyl sites for hydroxylation is 1. The Morgan fingerprint density at radius 1 is 1.22 bits per heavy atom. The van der Waals surface area contributed by atoms with Gasteiger partial charge in [0.1, 0.15) is 5.75 Å². The number of carbonyl (C=O) groups is 1. The Morgan fingerprint density at radius 3 is 2.65 bits per heavy atom. The predicted octanol–water partition coefficient (Wildman–Crippen LogP) is 3.73. The molecule has 0 fully saturated rings. The topological polar surface area (TPSA) is 67.0 Å². The van der Waals surface area contributed by atoms with Gasteiger partial charge in [0.15, 0.2) is 5.69 Å². The van der Waals surface area contributed by atoms with E-state index >= 15 is 0 Å². The number of nitrogens with one attached hydrogen (secondary N) is 2. The fourth-order valence-electron chi connectivity index (χ4n) is 2.21. The molecule has 23 heavy (non-hydrogen) atoms. The molecule has 0 unspecified atom stereocenters. The van der Waals surface area contributed by atoms with E-state index in [1.807, 2.05) is 25.1 Å². The number of hydrogen-bond acceptors (Lipinski definition) is 3. The van der Waals surface area contributed by atoms with Gasteiger partial charge in [-0.25, -0.2) is 0 Å². The molecule has 2 N–H and O–H groups in total. The molecule has 0 aliphatic carbocycles. The normalized spacial score (nSPS) is 11.0. The second-order valence-electron chi connectivity index (χ2n) is 4.98. The van der Waals surface area contributed by atoms with Gasteiger partial charge in [-0.1, -0.05) is 11.6 Å². The van der Waals surface area contributed by atoms with E-state index in [4.69, 9.17) is 0 Å². The highest BCUT2D eigenvalue weighted by atomic mass is 19.3. The number of anilines is 1. The van der Waals surface area contributed by atoms with Crippen LogP contribution in [0.15, 0.2) is 42.5 Å². The molecule has 0 bridgehead atoms. The summed E-state index contributed by atoms with van der Waals surface area (Å²) in [5.74, 6) is -0.358. The van der Waals surface area contributed by atoms with Gasteiger partial charge < -0.3 is 10.1 Å². The lowest BCUT2D eigenvalue weighted by Crippen LogP contribution is -2.12. The van der Waals surface area contributed by atoms with E-state index in [0.717, 1.165) is 16.5 Å². The van der Waals surface area contributed by atoms with Gasteiger partial charge >= 0.3 is 6.61 Å². The van der Waals surface area contributed by atoms with Crippen LogP contribution in [0.25, 0.3) is 10.9 Å². The van der Waals surface area contributed by atoms with Gasteiger partial charge in [-0.2, -0.15) is 13.9 Å². The monoisotopic (exact) mass is 317 g/mol. The van der Waals surface area contributed by atoms with Crippen molar-refractivity contribution in [1.29, 1.82) is 0 Å². The number of amides is 1. The third kappa shape index (κ3) is 3.28. The lowest BCUT2D eigenvalue weighted by Gasteiger charge is -2.06. The van der Waals surface area contributed by atoms with Gasteiger partial charge in [-0.05, 0) is 43.3 Å². The average Bonchev–Trinajstić information content (AvgIpc) is 2.91. The number of H-pyrrole nitrogens is 1. The molecule has 3 aromatic rings. The second kappa shape index (κ2) is 6.04. The van der Waals surface area contributed by atoms with Crippen LogP contribution in [0.2, 0.25) is 0 Å². The number of hydrogen-bond donors (Lipinski definition) is 2. The predicted molar refractivity (Wildman–Crippen MR) is 81.9 cm³/mol. The van der Waals surface area contributed by atoms with Crippen molar-refractivity contribution in [2.45, 2.75) is 13.5 Å². The first-order valence-corrected chi connectivity index (χ1v) is 6.84. The third-order valence-corrected chi connectivity index (χ3v) is 3.27. The van der Waals surface area contributed by atoms with Crippen molar-refractivity contribution in [3.05, 3.63) is 53.7 Å². The first kappa shape index (κ1) is 15.0. The van der Waals surface area contributed by atoms with E-state index in [0.29, 0.717) is 5.69 Å². The molecule has 3 rings (SSSR count). The Hall–Kier alpha value is -2.96. The van der Waals surface area contributed by atoms with Crippen LogP contribution in [0.5, 0.6) is 5.75 Å². The minimum Gasteiger partial charge on any atom is -0.435 e. The molecule has 0 radical (unpaired) electrons. The zero-order valence-corrected chi connectivity index (χ0v) is 12.1. The summed E-state index contributed by atoms with van der Waals surface area (Å²) in [6.45, 7) is -0.954. The number of carbonyl (C=O) groups excluding carboxylic acids is 1. The molecule has 2 aromatic carbocycles. The number of rotatable bonds is 4. The molecule has 1 aromatic heterocycles. The molecular formula is C16H13F2N3O2. The smallest absolute Gasteiger partial charge is 0.387 e. The molecule has 7 heteroatoms. The number of ether oxygens (including phenoxy) is 1. The van der Waals surface area contributed by atoms with Gasteiger partial charge in [0.2, 0.25) is 0 Å². The molecule has 0 aliphatic heterocycles. The van der Waals surface area contributed by atoms with Crippen LogP contribution in [0.4, 0.5) is 14.5 Å². The summed E-state index contributed by atoms with van der Waals surface area (Å²) in [6.07, 6.45) is 0. The van der Waals surface area contributed by atoms with Gasteiger partial charge in [0.05, 0.1) is 5.52 Å². The van der Waals surface area contributed by atoms with Crippen LogP contribution in [-0.2, 0) is 0 Å². The van der Waals surface area contributed by atoms with Crippen molar-refractivity contribution >= 4 is 22.5 Å². The van der Waals surface area contributed by atoms with E-state index in [1.165, 1.54) is 24.3 Å².